The van der Waals surface area contributed by atoms with Gasteiger partial charge in [-0.25, -0.2) is 13.6 Å². The summed E-state index contributed by atoms with van der Waals surface area (Å²) in [6.45, 7) is 4.40. The van der Waals surface area contributed by atoms with Crippen LogP contribution in [-0.2, 0) is 14.8 Å². The van der Waals surface area contributed by atoms with Crippen molar-refractivity contribution in [1.29, 1.82) is 0 Å². The number of amides is 1. The molecule has 21 heavy (non-hydrogen) atoms. The van der Waals surface area contributed by atoms with Crippen LogP contribution in [0.4, 0.5) is 0 Å². The van der Waals surface area contributed by atoms with Crippen LogP contribution in [0.25, 0.3) is 0 Å². The fourth-order valence-corrected chi connectivity index (χ4v) is 3.32. The van der Waals surface area contributed by atoms with E-state index < -0.39 is 15.3 Å². The van der Waals surface area contributed by atoms with Crippen LogP contribution in [0.1, 0.15) is 31.9 Å². The average molecular weight is 312 g/mol. The van der Waals surface area contributed by atoms with E-state index in [2.05, 4.69) is 0 Å². The lowest BCUT2D eigenvalue weighted by Gasteiger charge is -2.26. The minimum absolute atomic E-state index is 0.0556. The van der Waals surface area contributed by atoms with Crippen LogP contribution in [0.5, 0.6) is 5.75 Å². The van der Waals surface area contributed by atoms with E-state index >= 15 is 0 Å². The predicted molar refractivity (Wildman–Crippen MR) is 79.3 cm³/mol. The lowest BCUT2D eigenvalue weighted by molar-refractivity contribution is -0.129. The summed E-state index contributed by atoms with van der Waals surface area (Å²) in [5, 5.41) is 4.32. The van der Waals surface area contributed by atoms with E-state index in [1.165, 1.54) is 0 Å². The zero-order valence-corrected chi connectivity index (χ0v) is 13.0. The maximum Gasteiger partial charge on any atom is 0.224 e. The summed E-state index contributed by atoms with van der Waals surface area (Å²) in [7, 11) is -3.70. The van der Waals surface area contributed by atoms with Crippen LogP contribution in [-0.4, -0.2) is 37.6 Å². The molecule has 1 amide bonds. The van der Waals surface area contributed by atoms with E-state index in [4.69, 9.17) is 9.88 Å². The number of primary sulfonamides is 1. The van der Waals surface area contributed by atoms with Gasteiger partial charge in [-0.1, -0.05) is 18.2 Å². The van der Waals surface area contributed by atoms with Crippen LogP contribution in [0.15, 0.2) is 24.3 Å². The zero-order chi connectivity index (χ0) is 15.6. The number of ether oxygens (including phenoxy) is 1. The lowest BCUT2D eigenvalue weighted by Crippen LogP contribution is -2.33. The Labute approximate surface area is 124 Å². The summed E-state index contributed by atoms with van der Waals surface area (Å²) in [4.78, 5) is 13.6. The summed E-state index contributed by atoms with van der Waals surface area (Å²) in [6, 6.07) is 7.19. The first-order valence-corrected chi connectivity index (χ1v) is 8.48. The van der Waals surface area contributed by atoms with Crippen molar-refractivity contribution in [2.24, 2.45) is 5.14 Å². The van der Waals surface area contributed by atoms with Gasteiger partial charge >= 0.3 is 0 Å². The van der Waals surface area contributed by atoms with Crippen LogP contribution >= 0.6 is 0 Å². The van der Waals surface area contributed by atoms with Crippen molar-refractivity contribution >= 4 is 15.9 Å². The quantitative estimate of drug-likeness (QED) is 0.879. The number of hydrogen-bond acceptors (Lipinski definition) is 4. The molecule has 7 heteroatoms. The molecule has 1 aliphatic heterocycles. The van der Waals surface area contributed by atoms with Gasteiger partial charge in [0.1, 0.15) is 11.0 Å². The molecule has 1 fully saturated rings. The predicted octanol–water partition coefficient (Wildman–Crippen LogP) is 1.04. The third kappa shape index (κ3) is 3.36. The lowest BCUT2D eigenvalue weighted by atomic mass is 10.1. The molecular formula is C14H20N2O4S. The number of likely N-dealkylation sites (tertiary alicyclic amines) is 1. The van der Waals surface area contributed by atoms with E-state index in [0.717, 1.165) is 5.56 Å². The molecule has 1 aliphatic rings. The summed E-state index contributed by atoms with van der Waals surface area (Å²) in [5.41, 5.74) is 0.864. The molecule has 2 rings (SSSR count). The Morgan fingerprint density at radius 1 is 1.43 bits per heavy atom. The molecule has 2 atom stereocenters. The van der Waals surface area contributed by atoms with Gasteiger partial charge in [0.05, 0.1) is 12.6 Å². The second kappa shape index (κ2) is 6.03. The van der Waals surface area contributed by atoms with E-state index in [-0.39, 0.29) is 24.9 Å². The molecule has 0 radical (unpaired) electrons. The largest absolute Gasteiger partial charge is 0.494 e. The Morgan fingerprint density at radius 2 is 2.10 bits per heavy atom. The highest BCUT2D eigenvalue weighted by Crippen LogP contribution is 2.32. The van der Waals surface area contributed by atoms with E-state index in [1.807, 2.05) is 38.1 Å². The maximum absolute atomic E-state index is 12.1. The second-order valence-corrected chi connectivity index (χ2v) is 6.95. The Balaban J connectivity index is 2.25. The van der Waals surface area contributed by atoms with Gasteiger partial charge in [-0.15, -0.1) is 0 Å². The van der Waals surface area contributed by atoms with Gasteiger partial charge in [-0.05, 0) is 19.9 Å². The number of rotatable bonds is 5. The van der Waals surface area contributed by atoms with Gasteiger partial charge < -0.3 is 9.64 Å². The van der Waals surface area contributed by atoms with Gasteiger partial charge in [0.15, 0.2) is 0 Å². The first-order chi connectivity index (χ1) is 9.84. The Morgan fingerprint density at radius 3 is 2.67 bits per heavy atom. The fraction of sp³-hybridized carbons (Fsp3) is 0.500. The smallest absolute Gasteiger partial charge is 0.224 e. The van der Waals surface area contributed by atoms with Crippen molar-refractivity contribution in [3.05, 3.63) is 29.8 Å². The average Bonchev–Trinajstić information content (AvgIpc) is 2.81. The number of carbonyl (C=O) groups is 1. The molecule has 6 nitrogen and oxygen atoms in total. The number of sulfonamides is 1. The SMILES string of the molecule is CCOc1ccccc1C(C)N1CC(S(N)(=O)=O)CC1=O. The third-order valence-electron chi connectivity index (χ3n) is 3.72. The number of nitrogens with zero attached hydrogens (tertiary/aromatic N) is 1. The molecule has 0 aromatic heterocycles. The van der Waals surface area contributed by atoms with Gasteiger partial charge in [0, 0.05) is 18.5 Å². The number of hydrogen-bond donors (Lipinski definition) is 1. The highest BCUT2D eigenvalue weighted by atomic mass is 32.2. The minimum atomic E-state index is -3.70. The fourth-order valence-electron chi connectivity index (χ4n) is 2.57. The van der Waals surface area contributed by atoms with E-state index in [1.54, 1.807) is 4.90 Å². The molecule has 1 saturated heterocycles. The highest BCUT2D eigenvalue weighted by Gasteiger charge is 2.39. The van der Waals surface area contributed by atoms with Crippen LogP contribution in [0.2, 0.25) is 0 Å². The van der Waals surface area contributed by atoms with Gasteiger partial charge in [0.2, 0.25) is 15.9 Å². The number of carbonyl (C=O) groups excluding carboxylic acids is 1. The molecule has 116 valence electrons. The maximum atomic E-state index is 12.1. The normalized spacial score (nSPS) is 20.6. The molecule has 0 saturated carbocycles. The molecule has 2 N–H and O–H groups in total. The number of nitrogens with two attached hydrogens (primary N) is 1. The molecule has 1 aromatic carbocycles. The zero-order valence-electron chi connectivity index (χ0n) is 12.2. The molecule has 2 unspecified atom stereocenters. The molecule has 1 aromatic rings. The van der Waals surface area contributed by atoms with Crippen LogP contribution < -0.4 is 9.88 Å². The van der Waals surface area contributed by atoms with Gasteiger partial charge in [0.25, 0.3) is 0 Å². The highest BCUT2D eigenvalue weighted by molar-refractivity contribution is 7.89. The molecule has 0 aliphatic carbocycles. The number of para-hydroxylation sites is 1. The Bertz CT molecular complexity index is 630. The minimum Gasteiger partial charge on any atom is -0.494 e. The van der Waals surface area contributed by atoms with Crippen molar-refractivity contribution in [2.75, 3.05) is 13.2 Å². The second-order valence-electron chi connectivity index (χ2n) is 5.11. The van der Waals surface area contributed by atoms with Crippen molar-refractivity contribution in [3.63, 3.8) is 0 Å². The topological polar surface area (TPSA) is 89.7 Å². The van der Waals surface area contributed by atoms with E-state index in [0.29, 0.717) is 12.4 Å². The molecule has 1 heterocycles. The van der Waals surface area contributed by atoms with Crippen molar-refractivity contribution in [2.45, 2.75) is 31.6 Å². The van der Waals surface area contributed by atoms with Crippen LogP contribution in [0.3, 0.4) is 0 Å². The van der Waals surface area contributed by atoms with Crippen molar-refractivity contribution in [1.82, 2.24) is 4.90 Å². The van der Waals surface area contributed by atoms with Gasteiger partial charge in [-0.3, -0.25) is 4.79 Å². The van der Waals surface area contributed by atoms with Gasteiger partial charge in [-0.2, -0.15) is 0 Å². The van der Waals surface area contributed by atoms with Crippen LogP contribution in [0, 0.1) is 0 Å². The first-order valence-electron chi connectivity index (χ1n) is 6.87. The van der Waals surface area contributed by atoms with Crippen molar-refractivity contribution < 1.29 is 17.9 Å². The first kappa shape index (κ1) is 15.8. The standard InChI is InChI=1S/C14H20N2O4S/c1-3-20-13-7-5-4-6-12(13)10(2)16-9-11(8-14(16)17)21(15,18)19/h4-7,10-11H,3,8-9H2,1-2H3,(H2,15,18,19). The summed E-state index contributed by atoms with van der Waals surface area (Å²) in [6.07, 6.45) is -0.0556. The summed E-state index contributed by atoms with van der Waals surface area (Å²) in [5.74, 6) is 0.507. The molecule has 0 bridgehead atoms. The Hall–Kier alpha value is -1.60. The molecular weight excluding hydrogens is 292 g/mol. The third-order valence-corrected chi connectivity index (χ3v) is 4.97. The molecule has 0 spiro atoms. The summed E-state index contributed by atoms with van der Waals surface area (Å²) >= 11 is 0. The van der Waals surface area contributed by atoms with E-state index in [9.17, 15) is 13.2 Å². The monoisotopic (exact) mass is 312 g/mol. The summed E-state index contributed by atoms with van der Waals surface area (Å²) < 4.78 is 28.4. The van der Waals surface area contributed by atoms with Crippen molar-refractivity contribution in [3.8, 4) is 5.75 Å². The Kier molecular flexibility index (Phi) is 4.53. The number of benzene rings is 1.